The van der Waals surface area contributed by atoms with Crippen molar-refractivity contribution in [1.29, 1.82) is 0 Å². The van der Waals surface area contributed by atoms with Gasteiger partial charge in [-0.25, -0.2) is 0 Å². The van der Waals surface area contributed by atoms with Gasteiger partial charge in [-0.3, -0.25) is 19.6 Å². The van der Waals surface area contributed by atoms with E-state index in [0.29, 0.717) is 0 Å². The standard InChI is InChI=1S/C13H11F3N4O4/c1-7-4-11(13(14,15)16)18-19(7)6-12(22)17-9-3-2-8(20(23)24)5-10(9)21/h2-5,21H,6H2,1H3,(H,17,22). The van der Waals surface area contributed by atoms with Gasteiger partial charge in [-0.1, -0.05) is 0 Å². The number of alkyl halides is 3. The van der Waals surface area contributed by atoms with Gasteiger partial charge in [-0.05, 0) is 19.1 Å². The van der Waals surface area contributed by atoms with E-state index >= 15 is 0 Å². The largest absolute Gasteiger partial charge is 0.506 e. The maximum absolute atomic E-state index is 12.6. The van der Waals surface area contributed by atoms with E-state index in [9.17, 15) is 33.2 Å². The summed E-state index contributed by atoms with van der Waals surface area (Å²) >= 11 is 0. The van der Waals surface area contributed by atoms with E-state index in [0.717, 1.165) is 28.9 Å². The van der Waals surface area contributed by atoms with E-state index in [1.54, 1.807) is 0 Å². The summed E-state index contributed by atoms with van der Waals surface area (Å²) in [6.07, 6.45) is -4.62. The Morgan fingerprint density at radius 3 is 2.58 bits per heavy atom. The molecule has 0 aliphatic rings. The molecule has 24 heavy (non-hydrogen) atoms. The van der Waals surface area contributed by atoms with Gasteiger partial charge < -0.3 is 10.4 Å². The molecular formula is C13H11F3N4O4. The van der Waals surface area contributed by atoms with E-state index in [1.165, 1.54) is 6.92 Å². The third-order valence-corrected chi connectivity index (χ3v) is 3.03. The van der Waals surface area contributed by atoms with Crippen molar-refractivity contribution in [3.63, 3.8) is 0 Å². The normalized spacial score (nSPS) is 11.3. The first kappa shape index (κ1) is 17.2. The van der Waals surface area contributed by atoms with E-state index in [-0.39, 0.29) is 17.1 Å². The zero-order valence-corrected chi connectivity index (χ0v) is 12.2. The Morgan fingerprint density at radius 2 is 2.08 bits per heavy atom. The number of benzene rings is 1. The second-order valence-corrected chi connectivity index (χ2v) is 4.83. The van der Waals surface area contributed by atoms with Gasteiger partial charge in [-0.15, -0.1) is 0 Å². The summed E-state index contributed by atoms with van der Waals surface area (Å²) in [7, 11) is 0. The fraction of sp³-hybridized carbons (Fsp3) is 0.231. The molecule has 128 valence electrons. The van der Waals surface area contributed by atoms with Crippen molar-refractivity contribution in [2.75, 3.05) is 5.32 Å². The van der Waals surface area contributed by atoms with Crippen LogP contribution >= 0.6 is 0 Å². The summed E-state index contributed by atoms with van der Waals surface area (Å²) in [5.41, 5.74) is -1.47. The maximum Gasteiger partial charge on any atom is 0.435 e. The first-order valence-electron chi connectivity index (χ1n) is 6.47. The number of non-ortho nitro benzene ring substituents is 1. The molecule has 8 nitrogen and oxygen atoms in total. The number of halogens is 3. The van der Waals surface area contributed by atoms with Crippen molar-refractivity contribution < 1.29 is 28.0 Å². The smallest absolute Gasteiger partial charge is 0.435 e. The number of phenols is 1. The molecule has 1 aromatic heterocycles. The maximum atomic E-state index is 12.6. The van der Waals surface area contributed by atoms with Crippen LogP contribution in [-0.2, 0) is 17.5 Å². The zero-order valence-electron chi connectivity index (χ0n) is 12.2. The molecule has 0 bridgehead atoms. The Bertz CT molecular complexity index is 801. The van der Waals surface area contributed by atoms with Crippen LogP contribution in [0.15, 0.2) is 24.3 Å². The highest BCUT2D eigenvalue weighted by atomic mass is 19.4. The highest BCUT2D eigenvalue weighted by Gasteiger charge is 2.34. The third-order valence-electron chi connectivity index (χ3n) is 3.03. The molecule has 2 rings (SSSR count). The molecule has 1 aromatic carbocycles. The number of amides is 1. The molecule has 0 aliphatic heterocycles. The summed E-state index contributed by atoms with van der Waals surface area (Å²) in [6, 6.07) is 3.83. The van der Waals surface area contributed by atoms with Gasteiger partial charge in [0, 0.05) is 11.8 Å². The Balaban J connectivity index is 2.12. The molecule has 0 fully saturated rings. The highest BCUT2D eigenvalue weighted by molar-refractivity contribution is 5.92. The lowest BCUT2D eigenvalue weighted by Gasteiger charge is -2.08. The van der Waals surface area contributed by atoms with Crippen molar-refractivity contribution in [3.05, 3.63) is 45.8 Å². The number of nitrogens with one attached hydrogen (secondary N) is 1. The molecule has 0 aliphatic carbocycles. The summed E-state index contributed by atoms with van der Waals surface area (Å²) in [5, 5.41) is 25.7. The third kappa shape index (κ3) is 3.80. The number of phenolic OH excluding ortho intramolecular Hbond substituents is 1. The molecule has 0 radical (unpaired) electrons. The van der Waals surface area contributed by atoms with Crippen molar-refractivity contribution >= 4 is 17.3 Å². The molecule has 2 N–H and O–H groups in total. The topological polar surface area (TPSA) is 110 Å². The van der Waals surface area contributed by atoms with Crippen LogP contribution in [0.5, 0.6) is 5.75 Å². The van der Waals surface area contributed by atoms with Crippen molar-refractivity contribution in [2.45, 2.75) is 19.6 Å². The van der Waals surface area contributed by atoms with Crippen molar-refractivity contribution in [3.8, 4) is 5.75 Å². The predicted octanol–water partition coefficient (Wildman–Crippen LogP) is 2.46. The lowest BCUT2D eigenvalue weighted by molar-refractivity contribution is -0.384. The number of nitro benzene ring substituents is 1. The summed E-state index contributed by atoms with van der Waals surface area (Å²) in [4.78, 5) is 21.7. The number of nitrogens with zero attached hydrogens (tertiary/aromatic N) is 3. The summed E-state index contributed by atoms with van der Waals surface area (Å²) in [5.74, 6) is -1.29. The first-order chi connectivity index (χ1) is 11.1. The SMILES string of the molecule is Cc1cc(C(F)(F)F)nn1CC(=O)Nc1ccc([N+](=O)[O-])cc1O. The number of anilines is 1. The molecule has 0 unspecified atom stereocenters. The van der Waals surface area contributed by atoms with Crippen LogP contribution < -0.4 is 5.32 Å². The van der Waals surface area contributed by atoms with Crippen LogP contribution in [0.1, 0.15) is 11.4 Å². The van der Waals surface area contributed by atoms with Crippen molar-refractivity contribution in [2.24, 2.45) is 0 Å². The van der Waals surface area contributed by atoms with Gasteiger partial charge in [0.1, 0.15) is 12.3 Å². The second-order valence-electron chi connectivity index (χ2n) is 4.83. The molecule has 0 atom stereocenters. The van der Waals surface area contributed by atoms with E-state index in [1.807, 2.05) is 0 Å². The zero-order chi connectivity index (χ0) is 18.1. The van der Waals surface area contributed by atoms with Gasteiger partial charge in [0.2, 0.25) is 5.91 Å². The second kappa shape index (κ2) is 6.18. The van der Waals surface area contributed by atoms with Crippen LogP contribution in [0, 0.1) is 17.0 Å². The monoisotopic (exact) mass is 344 g/mol. The van der Waals surface area contributed by atoms with Gasteiger partial charge >= 0.3 is 6.18 Å². The van der Waals surface area contributed by atoms with Gasteiger partial charge in [0.25, 0.3) is 5.69 Å². The van der Waals surface area contributed by atoms with E-state index in [2.05, 4.69) is 10.4 Å². The molecule has 0 saturated heterocycles. The Hall–Kier alpha value is -3.11. The highest BCUT2D eigenvalue weighted by Crippen LogP contribution is 2.29. The number of carbonyl (C=O) groups excluding carboxylic acids is 1. The lowest BCUT2D eigenvalue weighted by atomic mass is 10.2. The number of hydrogen-bond acceptors (Lipinski definition) is 5. The van der Waals surface area contributed by atoms with Gasteiger partial charge in [-0.2, -0.15) is 18.3 Å². The van der Waals surface area contributed by atoms with Crippen LogP contribution in [0.4, 0.5) is 24.5 Å². The van der Waals surface area contributed by atoms with Crippen LogP contribution in [0.25, 0.3) is 0 Å². The number of carbonyl (C=O) groups is 1. The number of hydrogen-bond donors (Lipinski definition) is 2. The lowest BCUT2D eigenvalue weighted by Crippen LogP contribution is -2.20. The van der Waals surface area contributed by atoms with Gasteiger partial charge in [0.15, 0.2) is 5.69 Å². The fourth-order valence-corrected chi connectivity index (χ4v) is 1.87. The van der Waals surface area contributed by atoms with Gasteiger partial charge in [0.05, 0.1) is 16.7 Å². The molecular weight excluding hydrogens is 333 g/mol. The molecule has 2 aromatic rings. The first-order valence-corrected chi connectivity index (χ1v) is 6.47. The number of aryl methyl sites for hydroxylation is 1. The minimum absolute atomic E-state index is 0.105. The van der Waals surface area contributed by atoms with Crippen LogP contribution in [-0.4, -0.2) is 25.7 Å². The molecule has 0 saturated carbocycles. The minimum atomic E-state index is -4.62. The fourth-order valence-electron chi connectivity index (χ4n) is 1.87. The van der Waals surface area contributed by atoms with Crippen LogP contribution in [0.3, 0.4) is 0 Å². The number of rotatable bonds is 4. The van der Waals surface area contributed by atoms with E-state index < -0.39 is 35.0 Å². The Morgan fingerprint density at radius 1 is 1.42 bits per heavy atom. The molecule has 0 spiro atoms. The predicted molar refractivity (Wildman–Crippen MR) is 75.4 cm³/mol. The average molecular weight is 344 g/mol. The number of aromatic nitrogens is 2. The average Bonchev–Trinajstić information content (AvgIpc) is 2.82. The number of aromatic hydroxyl groups is 1. The summed E-state index contributed by atoms with van der Waals surface area (Å²) in [6.45, 7) is 0.844. The summed E-state index contributed by atoms with van der Waals surface area (Å²) < 4.78 is 38.5. The Labute approximate surface area is 132 Å². The molecule has 1 amide bonds. The van der Waals surface area contributed by atoms with Crippen molar-refractivity contribution in [1.82, 2.24) is 9.78 Å². The Kier molecular flexibility index (Phi) is 4.44. The molecule has 11 heteroatoms. The van der Waals surface area contributed by atoms with Crippen LogP contribution in [0.2, 0.25) is 0 Å². The molecule has 1 heterocycles. The quantitative estimate of drug-likeness (QED) is 0.503. The van der Waals surface area contributed by atoms with E-state index in [4.69, 9.17) is 0 Å². The number of nitro groups is 1. The minimum Gasteiger partial charge on any atom is -0.506 e.